The molecular weight excluding hydrogens is 416 g/mol. The summed E-state index contributed by atoms with van der Waals surface area (Å²) in [6, 6.07) is 30.6. The van der Waals surface area contributed by atoms with Crippen LogP contribution in [0.25, 0.3) is 5.57 Å². The number of carbonyl (C=O) groups is 1. The van der Waals surface area contributed by atoms with E-state index in [4.69, 9.17) is 0 Å². The Morgan fingerprint density at radius 2 is 1.39 bits per heavy atom. The first kappa shape index (κ1) is 20.6. The fourth-order valence-electron chi connectivity index (χ4n) is 7.86. The number of benzene rings is 3. The van der Waals surface area contributed by atoms with E-state index < -0.39 is 18.9 Å². The Balaban J connectivity index is 1.82. The molecule has 3 aromatic rings. The van der Waals surface area contributed by atoms with Gasteiger partial charge in [-0.2, -0.15) is 0 Å². The van der Waals surface area contributed by atoms with Crippen LogP contribution in [0.15, 0.2) is 103 Å². The SMILES string of the molecule is CC1=C(c2ccccc2)C2(c3ccccc3)[C@H]3C=C[C@@H](C2(C)C1=O)[Si](C)(C)c1ccccc13. The van der Waals surface area contributed by atoms with Crippen LogP contribution in [0.4, 0.5) is 0 Å². The van der Waals surface area contributed by atoms with E-state index >= 15 is 0 Å². The summed E-state index contributed by atoms with van der Waals surface area (Å²) < 4.78 is 0. The van der Waals surface area contributed by atoms with Crippen LogP contribution in [0.3, 0.4) is 0 Å². The molecule has 33 heavy (non-hydrogen) atoms. The number of carbonyl (C=O) groups excluding carboxylic acids is 1. The zero-order valence-corrected chi connectivity index (χ0v) is 20.8. The number of Topliss-reactive ketones (excluding diaryl/α,β-unsaturated/α-hetero) is 1. The van der Waals surface area contributed by atoms with Gasteiger partial charge in [0.25, 0.3) is 0 Å². The van der Waals surface area contributed by atoms with E-state index in [1.165, 1.54) is 27.5 Å². The smallest absolute Gasteiger partial charge is 0.166 e. The zero-order chi connectivity index (χ0) is 23.0. The van der Waals surface area contributed by atoms with Crippen LogP contribution >= 0.6 is 0 Å². The van der Waals surface area contributed by atoms with E-state index in [1.807, 2.05) is 0 Å². The Kier molecular flexibility index (Phi) is 4.23. The van der Waals surface area contributed by atoms with Gasteiger partial charge in [0.2, 0.25) is 0 Å². The van der Waals surface area contributed by atoms with Gasteiger partial charge in [0.1, 0.15) is 0 Å². The molecule has 2 bridgehead atoms. The molecule has 3 aromatic carbocycles. The maximum atomic E-state index is 14.5. The minimum atomic E-state index is -2.02. The van der Waals surface area contributed by atoms with Gasteiger partial charge in [-0.15, -0.1) is 0 Å². The summed E-state index contributed by atoms with van der Waals surface area (Å²) in [6.45, 7) is 9.32. The molecule has 2 heterocycles. The first-order chi connectivity index (χ1) is 15.9. The van der Waals surface area contributed by atoms with Crippen LogP contribution < -0.4 is 5.19 Å². The second-order valence-electron chi connectivity index (χ2n) is 10.7. The van der Waals surface area contributed by atoms with Crippen LogP contribution in [0.5, 0.6) is 0 Å². The molecule has 1 nitrogen and oxygen atoms in total. The highest BCUT2D eigenvalue weighted by atomic mass is 28.3. The summed E-state index contributed by atoms with van der Waals surface area (Å²) in [5, 5.41) is 1.51. The lowest BCUT2D eigenvalue weighted by atomic mass is 9.49. The molecule has 0 radical (unpaired) electrons. The molecule has 2 aliphatic carbocycles. The lowest BCUT2D eigenvalue weighted by Gasteiger charge is -2.55. The van der Waals surface area contributed by atoms with Crippen molar-refractivity contribution in [2.45, 2.75) is 43.8 Å². The Bertz CT molecular complexity index is 1330. The summed E-state index contributed by atoms with van der Waals surface area (Å²) in [5.41, 5.74) is 5.26. The Morgan fingerprint density at radius 1 is 0.788 bits per heavy atom. The van der Waals surface area contributed by atoms with Gasteiger partial charge in [0.05, 0.1) is 8.07 Å². The molecule has 0 spiro atoms. The molecule has 4 atom stereocenters. The first-order valence-corrected chi connectivity index (χ1v) is 15.1. The quantitative estimate of drug-likeness (QED) is 0.318. The third-order valence-corrected chi connectivity index (χ3v) is 13.2. The topological polar surface area (TPSA) is 17.1 Å². The van der Waals surface area contributed by atoms with Crippen molar-refractivity contribution in [1.29, 1.82) is 0 Å². The fourth-order valence-corrected chi connectivity index (χ4v) is 12.1. The summed E-state index contributed by atoms with van der Waals surface area (Å²) in [6.07, 6.45) is 4.88. The molecule has 0 amide bonds. The summed E-state index contributed by atoms with van der Waals surface area (Å²) in [5.74, 6) is 0.446. The van der Waals surface area contributed by atoms with E-state index in [1.54, 1.807) is 0 Å². The number of ketones is 1. The molecule has 0 fully saturated rings. The highest BCUT2D eigenvalue weighted by molar-refractivity contribution is 6.92. The monoisotopic (exact) mass is 446 g/mol. The van der Waals surface area contributed by atoms with Gasteiger partial charge < -0.3 is 0 Å². The van der Waals surface area contributed by atoms with Crippen molar-refractivity contribution in [2.24, 2.45) is 5.41 Å². The van der Waals surface area contributed by atoms with Crippen LogP contribution in [0.2, 0.25) is 18.6 Å². The molecule has 4 aliphatic rings. The summed E-state index contributed by atoms with van der Waals surface area (Å²) in [4.78, 5) is 14.5. The third-order valence-electron chi connectivity index (χ3n) is 9.04. The molecule has 0 N–H and O–H groups in total. The van der Waals surface area contributed by atoms with Gasteiger partial charge in [0, 0.05) is 16.7 Å². The number of hydrogen-bond acceptors (Lipinski definition) is 1. The largest absolute Gasteiger partial charge is 0.294 e. The van der Waals surface area contributed by atoms with Crippen LogP contribution in [0, 0.1) is 5.41 Å². The second kappa shape index (κ2) is 6.77. The molecule has 164 valence electrons. The molecular formula is C31H30OSi. The van der Waals surface area contributed by atoms with E-state index in [0.29, 0.717) is 5.78 Å². The van der Waals surface area contributed by atoms with E-state index in [-0.39, 0.29) is 11.5 Å². The highest BCUT2D eigenvalue weighted by Crippen LogP contribution is 2.73. The third kappa shape index (κ3) is 2.30. The fraction of sp³-hybridized carbons (Fsp3) is 0.258. The van der Waals surface area contributed by atoms with Crippen molar-refractivity contribution in [3.8, 4) is 0 Å². The van der Waals surface area contributed by atoms with E-state index in [9.17, 15) is 4.79 Å². The standard InChI is InChI=1S/C31H30OSi/c1-21-28(22-13-7-5-8-14-22)31(23-15-9-6-10-16-23)25-19-20-27(30(31,2)29(21)32)33(3,4)26-18-12-11-17-24(25)26/h5-20,25,27H,1-4H3/t25-,27-,30?,31?/m0/s1. The Morgan fingerprint density at radius 3 is 2.09 bits per heavy atom. The normalized spacial score (nSPS) is 31.3. The lowest BCUT2D eigenvalue weighted by molar-refractivity contribution is -0.125. The maximum absolute atomic E-state index is 14.5. The van der Waals surface area contributed by atoms with Gasteiger partial charge in [0.15, 0.2) is 5.78 Å². The molecule has 0 saturated heterocycles. The Labute approximate surface area is 197 Å². The maximum Gasteiger partial charge on any atom is 0.166 e. The molecule has 0 aromatic heterocycles. The van der Waals surface area contributed by atoms with Crippen molar-refractivity contribution in [2.75, 3.05) is 0 Å². The predicted octanol–water partition coefficient (Wildman–Crippen LogP) is 6.64. The average molecular weight is 447 g/mol. The number of hydrogen-bond donors (Lipinski definition) is 0. The van der Waals surface area contributed by atoms with Gasteiger partial charge in [-0.05, 0) is 40.3 Å². The lowest BCUT2D eigenvalue weighted by Crippen LogP contribution is -2.57. The van der Waals surface area contributed by atoms with Gasteiger partial charge in [-0.1, -0.05) is 122 Å². The molecule has 7 rings (SSSR count). The summed E-state index contributed by atoms with van der Waals surface area (Å²) >= 11 is 0. The first-order valence-electron chi connectivity index (χ1n) is 12.0. The van der Waals surface area contributed by atoms with E-state index in [2.05, 4.69) is 124 Å². The number of allylic oxidation sites excluding steroid dienone is 4. The predicted molar refractivity (Wildman–Crippen MR) is 139 cm³/mol. The molecule has 0 saturated carbocycles. The Hall–Kier alpha value is -2.97. The minimum absolute atomic E-state index is 0.114. The van der Waals surface area contributed by atoms with Crippen LogP contribution in [-0.2, 0) is 10.2 Å². The van der Waals surface area contributed by atoms with Crippen molar-refractivity contribution in [3.05, 3.63) is 119 Å². The van der Waals surface area contributed by atoms with Crippen LogP contribution in [0.1, 0.15) is 36.5 Å². The zero-order valence-electron chi connectivity index (χ0n) is 19.8. The van der Waals surface area contributed by atoms with Crippen LogP contribution in [-0.4, -0.2) is 13.9 Å². The van der Waals surface area contributed by atoms with Gasteiger partial charge in [-0.25, -0.2) is 0 Å². The molecule has 2 unspecified atom stereocenters. The second-order valence-corrected chi connectivity index (χ2v) is 15.3. The van der Waals surface area contributed by atoms with Crippen molar-refractivity contribution < 1.29 is 4.79 Å². The van der Waals surface area contributed by atoms with E-state index in [0.717, 1.165) is 5.57 Å². The van der Waals surface area contributed by atoms with Crippen molar-refractivity contribution >= 4 is 24.6 Å². The number of rotatable bonds is 2. The summed E-state index contributed by atoms with van der Waals surface area (Å²) in [7, 11) is -2.02. The van der Waals surface area contributed by atoms with Crippen molar-refractivity contribution in [1.82, 2.24) is 0 Å². The van der Waals surface area contributed by atoms with Gasteiger partial charge >= 0.3 is 0 Å². The van der Waals surface area contributed by atoms with Crippen molar-refractivity contribution in [3.63, 3.8) is 0 Å². The average Bonchev–Trinajstić information content (AvgIpc) is 2.92. The van der Waals surface area contributed by atoms with Gasteiger partial charge in [-0.3, -0.25) is 4.79 Å². The highest BCUT2D eigenvalue weighted by Gasteiger charge is 2.72. The minimum Gasteiger partial charge on any atom is -0.294 e. The molecule has 2 heteroatoms. The molecule has 2 aliphatic heterocycles.